The Bertz CT molecular complexity index is 241. The van der Waals surface area contributed by atoms with Crippen LogP contribution in [0.15, 0.2) is 0 Å². The first-order valence-electron chi connectivity index (χ1n) is 5.46. The summed E-state index contributed by atoms with van der Waals surface area (Å²) in [5.74, 6) is -0.595. The SMILES string of the molecule is CC(C)CC(NC(=O)CSC(C)C)C(=O)O. The van der Waals surface area contributed by atoms with Gasteiger partial charge in [-0.05, 0) is 17.6 Å². The van der Waals surface area contributed by atoms with Crippen LogP contribution >= 0.6 is 11.8 Å². The van der Waals surface area contributed by atoms with Gasteiger partial charge < -0.3 is 10.4 Å². The summed E-state index contributed by atoms with van der Waals surface area (Å²) in [5.41, 5.74) is 0. The molecule has 0 aliphatic carbocycles. The predicted octanol–water partition coefficient (Wildman–Crippen LogP) is 1.74. The van der Waals surface area contributed by atoms with Crippen molar-refractivity contribution in [3.63, 3.8) is 0 Å². The molecule has 0 aromatic carbocycles. The Labute approximate surface area is 101 Å². The second-order valence-corrected chi connectivity index (χ2v) is 6.01. The number of nitrogens with one attached hydrogen (secondary N) is 1. The highest BCUT2D eigenvalue weighted by molar-refractivity contribution is 8.00. The first-order valence-corrected chi connectivity index (χ1v) is 6.51. The lowest BCUT2D eigenvalue weighted by Gasteiger charge is -2.16. The maximum Gasteiger partial charge on any atom is 0.326 e. The van der Waals surface area contributed by atoms with Crippen LogP contribution in [-0.4, -0.2) is 34.0 Å². The van der Waals surface area contributed by atoms with Gasteiger partial charge in [-0.25, -0.2) is 4.79 Å². The van der Waals surface area contributed by atoms with E-state index >= 15 is 0 Å². The molecule has 4 nitrogen and oxygen atoms in total. The van der Waals surface area contributed by atoms with Crippen LogP contribution in [0.5, 0.6) is 0 Å². The van der Waals surface area contributed by atoms with Crippen LogP contribution in [0.3, 0.4) is 0 Å². The molecular weight excluding hydrogens is 226 g/mol. The smallest absolute Gasteiger partial charge is 0.326 e. The van der Waals surface area contributed by atoms with Gasteiger partial charge in [0.25, 0.3) is 0 Å². The Kier molecular flexibility index (Phi) is 7.21. The minimum Gasteiger partial charge on any atom is -0.480 e. The van der Waals surface area contributed by atoms with Gasteiger partial charge in [-0.1, -0.05) is 27.7 Å². The zero-order valence-electron chi connectivity index (χ0n) is 10.3. The molecule has 0 heterocycles. The zero-order chi connectivity index (χ0) is 12.7. The van der Waals surface area contributed by atoms with E-state index in [1.54, 1.807) is 0 Å². The van der Waals surface area contributed by atoms with Crippen molar-refractivity contribution in [3.8, 4) is 0 Å². The lowest BCUT2D eigenvalue weighted by Crippen LogP contribution is -2.42. The summed E-state index contributed by atoms with van der Waals surface area (Å²) in [6, 6.07) is -0.764. The van der Waals surface area contributed by atoms with E-state index in [0.717, 1.165) is 0 Å². The highest BCUT2D eigenvalue weighted by Gasteiger charge is 2.20. The second kappa shape index (κ2) is 7.54. The summed E-state index contributed by atoms with van der Waals surface area (Å²) < 4.78 is 0. The third-order valence-electron chi connectivity index (χ3n) is 1.89. The van der Waals surface area contributed by atoms with Crippen molar-refractivity contribution in [1.82, 2.24) is 5.32 Å². The van der Waals surface area contributed by atoms with Crippen LogP contribution in [0.2, 0.25) is 0 Å². The molecule has 0 fully saturated rings. The number of aliphatic carboxylic acids is 1. The fourth-order valence-corrected chi connectivity index (χ4v) is 1.74. The number of carboxylic acids is 1. The van der Waals surface area contributed by atoms with Crippen LogP contribution < -0.4 is 5.32 Å². The molecule has 0 spiro atoms. The molecule has 0 saturated carbocycles. The predicted molar refractivity (Wildman–Crippen MR) is 66.6 cm³/mol. The molecule has 94 valence electrons. The molecule has 1 atom stereocenters. The van der Waals surface area contributed by atoms with Gasteiger partial charge in [0.05, 0.1) is 5.75 Å². The largest absolute Gasteiger partial charge is 0.480 e. The Hall–Kier alpha value is -0.710. The van der Waals surface area contributed by atoms with Crippen LogP contribution in [-0.2, 0) is 9.59 Å². The Balaban J connectivity index is 4.08. The number of carboxylic acid groups (broad SMARTS) is 1. The molecule has 16 heavy (non-hydrogen) atoms. The third kappa shape index (κ3) is 7.56. The molecular formula is C11H21NO3S. The standard InChI is InChI=1S/C11H21NO3S/c1-7(2)5-9(11(14)15)12-10(13)6-16-8(3)4/h7-9H,5-6H2,1-4H3,(H,12,13)(H,14,15). The Morgan fingerprint density at radius 3 is 2.19 bits per heavy atom. The van der Waals surface area contributed by atoms with Crippen LogP contribution in [0.1, 0.15) is 34.1 Å². The lowest BCUT2D eigenvalue weighted by molar-refractivity contribution is -0.141. The fraction of sp³-hybridized carbons (Fsp3) is 0.818. The summed E-state index contributed by atoms with van der Waals surface area (Å²) >= 11 is 1.51. The molecule has 0 radical (unpaired) electrons. The number of thioether (sulfide) groups is 1. The highest BCUT2D eigenvalue weighted by Crippen LogP contribution is 2.09. The first-order chi connectivity index (χ1) is 7.32. The minimum absolute atomic E-state index is 0.202. The van der Waals surface area contributed by atoms with E-state index in [4.69, 9.17) is 5.11 Å². The molecule has 0 bridgehead atoms. The highest BCUT2D eigenvalue weighted by atomic mass is 32.2. The van der Waals surface area contributed by atoms with Crippen molar-refractivity contribution < 1.29 is 14.7 Å². The van der Waals surface area contributed by atoms with E-state index in [-0.39, 0.29) is 11.8 Å². The van der Waals surface area contributed by atoms with Crippen molar-refractivity contribution in [3.05, 3.63) is 0 Å². The Morgan fingerprint density at radius 1 is 1.25 bits per heavy atom. The van der Waals surface area contributed by atoms with E-state index in [1.807, 2.05) is 27.7 Å². The Morgan fingerprint density at radius 2 is 1.81 bits per heavy atom. The molecule has 0 saturated heterocycles. The normalized spacial score (nSPS) is 12.9. The van der Waals surface area contributed by atoms with Crippen LogP contribution in [0, 0.1) is 5.92 Å². The monoisotopic (exact) mass is 247 g/mol. The first kappa shape index (κ1) is 15.3. The van der Waals surface area contributed by atoms with Gasteiger partial charge in [0, 0.05) is 0 Å². The fourth-order valence-electron chi connectivity index (χ4n) is 1.17. The number of carbonyl (C=O) groups excluding carboxylic acids is 1. The maximum atomic E-state index is 11.4. The second-order valence-electron chi connectivity index (χ2n) is 4.45. The van der Waals surface area contributed by atoms with Gasteiger partial charge in [0.1, 0.15) is 6.04 Å². The van der Waals surface area contributed by atoms with Gasteiger partial charge in [0.2, 0.25) is 5.91 Å². The summed E-state index contributed by atoms with van der Waals surface area (Å²) in [6.45, 7) is 7.87. The molecule has 0 aromatic rings. The summed E-state index contributed by atoms with van der Waals surface area (Å²) in [4.78, 5) is 22.3. The number of amides is 1. The van der Waals surface area contributed by atoms with Gasteiger partial charge >= 0.3 is 5.97 Å². The van der Waals surface area contributed by atoms with Crippen molar-refractivity contribution in [1.29, 1.82) is 0 Å². The summed E-state index contributed by atoms with van der Waals surface area (Å²) in [7, 11) is 0. The van der Waals surface area contributed by atoms with E-state index in [1.165, 1.54) is 11.8 Å². The molecule has 0 aliphatic heterocycles. The number of hydrogen-bond acceptors (Lipinski definition) is 3. The lowest BCUT2D eigenvalue weighted by atomic mass is 10.0. The summed E-state index contributed by atoms with van der Waals surface area (Å²) in [6.07, 6.45) is 0.466. The average molecular weight is 247 g/mol. The van der Waals surface area contributed by atoms with E-state index in [0.29, 0.717) is 17.4 Å². The third-order valence-corrected chi connectivity index (χ3v) is 2.98. The van der Waals surface area contributed by atoms with Gasteiger partial charge in [-0.15, -0.1) is 11.8 Å². The van der Waals surface area contributed by atoms with Crippen molar-refractivity contribution in [2.45, 2.75) is 45.4 Å². The molecule has 1 amide bonds. The van der Waals surface area contributed by atoms with E-state index < -0.39 is 12.0 Å². The van der Waals surface area contributed by atoms with Crippen LogP contribution in [0.25, 0.3) is 0 Å². The molecule has 2 N–H and O–H groups in total. The van der Waals surface area contributed by atoms with E-state index in [2.05, 4.69) is 5.32 Å². The number of hydrogen-bond donors (Lipinski definition) is 2. The number of carbonyl (C=O) groups is 2. The van der Waals surface area contributed by atoms with Crippen molar-refractivity contribution in [2.24, 2.45) is 5.92 Å². The molecule has 0 aliphatic rings. The van der Waals surface area contributed by atoms with Gasteiger partial charge in [0.15, 0.2) is 0 Å². The molecule has 0 rings (SSSR count). The van der Waals surface area contributed by atoms with Gasteiger partial charge in [-0.3, -0.25) is 4.79 Å². The van der Waals surface area contributed by atoms with Crippen molar-refractivity contribution in [2.75, 3.05) is 5.75 Å². The summed E-state index contributed by atoms with van der Waals surface area (Å²) in [5, 5.41) is 11.8. The molecule has 1 unspecified atom stereocenters. The quantitative estimate of drug-likeness (QED) is 0.719. The van der Waals surface area contributed by atoms with Crippen molar-refractivity contribution >= 4 is 23.6 Å². The molecule has 0 aromatic heterocycles. The average Bonchev–Trinajstić information content (AvgIpc) is 2.12. The van der Waals surface area contributed by atoms with Gasteiger partial charge in [-0.2, -0.15) is 0 Å². The number of rotatable bonds is 7. The van der Waals surface area contributed by atoms with Crippen LogP contribution in [0.4, 0.5) is 0 Å². The zero-order valence-corrected chi connectivity index (χ0v) is 11.1. The maximum absolute atomic E-state index is 11.4. The minimum atomic E-state index is -0.961. The topological polar surface area (TPSA) is 66.4 Å². The van der Waals surface area contributed by atoms with E-state index in [9.17, 15) is 9.59 Å². The molecule has 5 heteroatoms.